The molecular weight excluding hydrogens is 401 g/mol. The summed E-state index contributed by atoms with van der Waals surface area (Å²) in [7, 11) is 0. The van der Waals surface area contributed by atoms with Gasteiger partial charge in [-0.05, 0) is 32.0 Å². The summed E-state index contributed by atoms with van der Waals surface area (Å²) in [5.74, 6) is -0.449. The van der Waals surface area contributed by atoms with Gasteiger partial charge >= 0.3 is 6.18 Å². The maximum Gasteiger partial charge on any atom is 0.435 e. The summed E-state index contributed by atoms with van der Waals surface area (Å²) < 4.78 is 40.3. The molecule has 0 aliphatic carbocycles. The number of carbonyl (C=O) groups excluding carboxylic acids is 1. The average molecular weight is 415 g/mol. The van der Waals surface area contributed by atoms with Crippen molar-refractivity contribution in [1.82, 2.24) is 14.8 Å². The zero-order valence-corrected chi connectivity index (χ0v) is 15.8. The minimum absolute atomic E-state index is 0.250. The summed E-state index contributed by atoms with van der Waals surface area (Å²) in [6.07, 6.45) is -3.14. The third kappa shape index (κ3) is 4.14. The molecule has 142 valence electrons. The monoisotopic (exact) mass is 414 g/mol. The van der Waals surface area contributed by atoms with Crippen molar-refractivity contribution in [2.45, 2.75) is 26.1 Å². The summed E-state index contributed by atoms with van der Waals surface area (Å²) in [5, 5.41) is 6.80. The Morgan fingerprint density at radius 2 is 2.00 bits per heavy atom. The molecule has 0 spiro atoms. The summed E-state index contributed by atoms with van der Waals surface area (Å²) >= 11 is 7.05. The molecule has 0 aliphatic rings. The highest BCUT2D eigenvalue weighted by Crippen LogP contribution is 2.36. The van der Waals surface area contributed by atoms with Gasteiger partial charge in [0.2, 0.25) is 0 Å². The third-order valence-corrected chi connectivity index (χ3v) is 4.88. The molecule has 0 aliphatic heterocycles. The minimum Gasteiger partial charge on any atom is -0.298 e. The Kier molecular flexibility index (Phi) is 5.25. The molecule has 1 N–H and O–H groups in total. The van der Waals surface area contributed by atoms with Crippen LogP contribution in [0.3, 0.4) is 0 Å². The summed E-state index contributed by atoms with van der Waals surface area (Å²) in [5.41, 5.74) is -0.406. The average Bonchev–Trinajstić information content (AvgIpc) is 3.21. The summed E-state index contributed by atoms with van der Waals surface area (Å²) in [6.45, 7) is 3.47. The smallest absolute Gasteiger partial charge is 0.298 e. The van der Waals surface area contributed by atoms with E-state index in [1.807, 2.05) is 0 Å². The molecule has 2 heterocycles. The number of nitrogens with zero attached hydrogens (tertiary/aromatic N) is 3. The second-order valence-electron chi connectivity index (χ2n) is 5.91. The normalized spacial score (nSPS) is 11.8. The molecule has 2 aromatic heterocycles. The highest BCUT2D eigenvalue weighted by atomic mass is 35.5. The maximum atomic E-state index is 13.0. The van der Waals surface area contributed by atoms with Crippen LogP contribution in [-0.4, -0.2) is 20.7 Å². The van der Waals surface area contributed by atoms with Crippen LogP contribution >= 0.6 is 22.9 Å². The van der Waals surface area contributed by atoms with E-state index in [1.54, 1.807) is 38.1 Å². The Hall–Kier alpha value is -2.39. The number of hydrogen-bond acceptors (Lipinski definition) is 4. The molecule has 0 atom stereocenters. The Labute approximate surface area is 161 Å². The molecule has 1 amide bonds. The van der Waals surface area contributed by atoms with Gasteiger partial charge in [0.25, 0.3) is 5.91 Å². The second kappa shape index (κ2) is 7.32. The van der Waals surface area contributed by atoms with Gasteiger partial charge in [-0.1, -0.05) is 35.1 Å². The largest absolute Gasteiger partial charge is 0.435 e. The molecule has 10 heteroatoms. The molecule has 3 rings (SSSR count). The minimum atomic E-state index is -4.54. The molecule has 5 nitrogen and oxygen atoms in total. The van der Waals surface area contributed by atoms with Crippen LogP contribution in [0.15, 0.2) is 36.5 Å². The SMILES string of the molecule is CC(C)n1nc(C(F)(F)F)cc1-c1cnc(NC(=O)c2ccccc2Cl)s1. The molecule has 0 saturated heterocycles. The molecule has 0 radical (unpaired) electrons. The van der Waals surface area contributed by atoms with E-state index in [0.717, 1.165) is 17.4 Å². The number of aromatic nitrogens is 3. The molecule has 1 aromatic carbocycles. The van der Waals surface area contributed by atoms with E-state index < -0.39 is 17.8 Å². The van der Waals surface area contributed by atoms with Crippen molar-refractivity contribution < 1.29 is 18.0 Å². The molecule has 0 saturated carbocycles. The molecule has 27 heavy (non-hydrogen) atoms. The molecular formula is C17H14ClF3N4OS. The van der Waals surface area contributed by atoms with Gasteiger partial charge in [0.05, 0.1) is 21.2 Å². The topological polar surface area (TPSA) is 59.8 Å². The number of amides is 1. The first-order valence-electron chi connectivity index (χ1n) is 7.85. The zero-order valence-electron chi connectivity index (χ0n) is 14.2. The number of hydrogen-bond donors (Lipinski definition) is 1. The fraction of sp³-hybridized carbons (Fsp3) is 0.235. The van der Waals surface area contributed by atoms with E-state index in [9.17, 15) is 18.0 Å². The van der Waals surface area contributed by atoms with E-state index in [-0.39, 0.29) is 22.4 Å². The highest BCUT2D eigenvalue weighted by molar-refractivity contribution is 7.19. The number of alkyl halides is 3. The first-order chi connectivity index (χ1) is 12.7. The molecule has 0 bridgehead atoms. The standard InChI is InChI=1S/C17H14ClF3N4OS/c1-9(2)25-12(7-14(24-25)17(19,20)21)13-8-22-16(27-13)23-15(26)10-5-3-4-6-11(10)18/h3-9H,1-2H3,(H,22,23,26). The summed E-state index contributed by atoms with van der Waals surface area (Å²) in [6, 6.07) is 7.23. The van der Waals surface area contributed by atoms with Crippen LogP contribution in [0.5, 0.6) is 0 Å². The first-order valence-corrected chi connectivity index (χ1v) is 9.05. The maximum absolute atomic E-state index is 13.0. The first kappa shape index (κ1) is 19.4. The number of carbonyl (C=O) groups is 1. The quantitative estimate of drug-likeness (QED) is 0.612. The van der Waals surface area contributed by atoms with E-state index >= 15 is 0 Å². The highest BCUT2D eigenvalue weighted by Gasteiger charge is 2.35. The van der Waals surface area contributed by atoms with Crippen molar-refractivity contribution in [2.75, 3.05) is 5.32 Å². The van der Waals surface area contributed by atoms with Crippen LogP contribution in [-0.2, 0) is 6.18 Å². The number of rotatable bonds is 4. The van der Waals surface area contributed by atoms with Crippen LogP contribution in [0.1, 0.15) is 35.9 Å². The third-order valence-electron chi connectivity index (χ3n) is 3.61. The molecule has 0 fully saturated rings. The van der Waals surface area contributed by atoms with Crippen LogP contribution in [0.2, 0.25) is 5.02 Å². The second-order valence-corrected chi connectivity index (χ2v) is 7.35. The lowest BCUT2D eigenvalue weighted by atomic mass is 10.2. The van der Waals surface area contributed by atoms with Crippen LogP contribution < -0.4 is 5.32 Å². The lowest BCUT2D eigenvalue weighted by Gasteiger charge is -2.09. The van der Waals surface area contributed by atoms with Crippen molar-refractivity contribution in [2.24, 2.45) is 0 Å². The van der Waals surface area contributed by atoms with Crippen molar-refractivity contribution in [3.05, 3.63) is 52.8 Å². The van der Waals surface area contributed by atoms with Crippen molar-refractivity contribution >= 4 is 34.0 Å². The van der Waals surface area contributed by atoms with E-state index in [2.05, 4.69) is 15.4 Å². The van der Waals surface area contributed by atoms with E-state index in [4.69, 9.17) is 11.6 Å². The molecule has 3 aromatic rings. The van der Waals surface area contributed by atoms with Crippen LogP contribution in [0.25, 0.3) is 10.6 Å². The molecule has 0 unspecified atom stereocenters. The Morgan fingerprint density at radius 3 is 2.63 bits per heavy atom. The van der Waals surface area contributed by atoms with Crippen molar-refractivity contribution in [3.8, 4) is 10.6 Å². The van der Waals surface area contributed by atoms with Crippen LogP contribution in [0.4, 0.5) is 18.3 Å². The Balaban J connectivity index is 1.89. The van der Waals surface area contributed by atoms with Crippen molar-refractivity contribution in [1.29, 1.82) is 0 Å². The fourth-order valence-corrected chi connectivity index (χ4v) is 3.41. The van der Waals surface area contributed by atoms with Gasteiger partial charge in [-0.2, -0.15) is 18.3 Å². The van der Waals surface area contributed by atoms with Crippen molar-refractivity contribution in [3.63, 3.8) is 0 Å². The van der Waals surface area contributed by atoms with Gasteiger partial charge in [-0.3, -0.25) is 14.8 Å². The number of halogens is 4. The van der Waals surface area contributed by atoms with Gasteiger partial charge in [-0.15, -0.1) is 0 Å². The number of benzene rings is 1. The Bertz CT molecular complexity index is 981. The van der Waals surface area contributed by atoms with Crippen LogP contribution in [0, 0.1) is 0 Å². The predicted octanol–water partition coefficient (Wildman–Crippen LogP) is 5.51. The lowest BCUT2D eigenvalue weighted by molar-refractivity contribution is -0.141. The number of anilines is 1. The van der Waals surface area contributed by atoms with Gasteiger partial charge in [0, 0.05) is 12.2 Å². The number of nitrogens with one attached hydrogen (secondary N) is 1. The van der Waals surface area contributed by atoms with Gasteiger partial charge in [0.1, 0.15) is 0 Å². The summed E-state index contributed by atoms with van der Waals surface area (Å²) in [4.78, 5) is 16.8. The zero-order chi connectivity index (χ0) is 19.8. The number of thiazole rings is 1. The van der Waals surface area contributed by atoms with E-state index in [0.29, 0.717) is 9.90 Å². The van der Waals surface area contributed by atoms with Gasteiger partial charge in [-0.25, -0.2) is 4.98 Å². The van der Waals surface area contributed by atoms with Gasteiger partial charge in [0.15, 0.2) is 10.8 Å². The fourth-order valence-electron chi connectivity index (χ4n) is 2.37. The van der Waals surface area contributed by atoms with Gasteiger partial charge < -0.3 is 0 Å². The predicted molar refractivity (Wildman–Crippen MR) is 98.1 cm³/mol. The Morgan fingerprint density at radius 1 is 1.30 bits per heavy atom. The lowest BCUT2D eigenvalue weighted by Crippen LogP contribution is -2.11. The van der Waals surface area contributed by atoms with E-state index in [1.165, 1.54) is 10.9 Å².